The molecule has 0 atom stereocenters. The van der Waals surface area contributed by atoms with Gasteiger partial charge in [-0.3, -0.25) is 4.79 Å². The van der Waals surface area contributed by atoms with Gasteiger partial charge in [0.05, 0.1) is 11.0 Å². The molecule has 0 aliphatic rings. The van der Waals surface area contributed by atoms with E-state index in [4.69, 9.17) is 4.74 Å². The van der Waals surface area contributed by atoms with E-state index in [0.29, 0.717) is 38.4 Å². The standard InChI is InChI=1S/C22H31N3O4S/c1-5-25(6-2)30(27,28)20-12-9-18(10-13-20)11-14-21(26)24-16-19-8-7-15-23-22(19)29-17(3)4/h7-10,12-13,15,17H,5-6,11,14,16H2,1-4H3,(H,24,26). The molecule has 0 aliphatic heterocycles. The molecule has 30 heavy (non-hydrogen) atoms. The highest BCUT2D eigenvalue weighted by Crippen LogP contribution is 2.18. The lowest BCUT2D eigenvalue weighted by Gasteiger charge is -2.18. The van der Waals surface area contributed by atoms with Gasteiger partial charge in [0.1, 0.15) is 0 Å². The summed E-state index contributed by atoms with van der Waals surface area (Å²) in [6.45, 7) is 8.69. The monoisotopic (exact) mass is 433 g/mol. The van der Waals surface area contributed by atoms with E-state index >= 15 is 0 Å². The van der Waals surface area contributed by atoms with E-state index in [-0.39, 0.29) is 16.9 Å². The predicted molar refractivity (Wildman–Crippen MR) is 117 cm³/mol. The van der Waals surface area contributed by atoms with Gasteiger partial charge in [0.15, 0.2) is 0 Å². The third-order valence-electron chi connectivity index (χ3n) is 4.58. The van der Waals surface area contributed by atoms with Crippen LogP contribution in [0.25, 0.3) is 0 Å². The third kappa shape index (κ3) is 6.53. The maximum atomic E-state index is 12.5. The fourth-order valence-corrected chi connectivity index (χ4v) is 4.43. The molecule has 0 radical (unpaired) electrons. The summed E-state index contributed by atoms with van der Waals surface area (Å²) in [5.41, 5.74) is 1.74. The molecule has 2 rings (SSSR count). The van der Waals surface area contributed by atoms with Gasteiger partial charge in [0.25, 0.3) is 0 Å². The summed E-state index contributed by atoms with van der Waals surface area (Å²) in [5.74, 6) is 0.437. The average Bonchev–Trinajstić information content (AvgIpc) is 2.72. The number of nitrogens with zero attached hydrogens (tertiary/aromatic N) is 2. The summed E-state index contributed by atoms with van der Waals surface area (Å²) >= 11 is 0. The number of carbonyl (C=O) groups is 1. The van der Waals surface area contributed by atoms with Crippen LogP contribution < -0.4 is 10.1 Å². The van der Waals surface area contributed by atoms with Crippen molar-refractivity contribution in [1.29, 1.82) is 0 Å². The lowest BCUT2D eigenvalue weighted by molar-refractivity contribution is -0.121. The molecule has 0 aliphatic carbocycles. The molecule has 164 valence electrons. The van der Waals surface area contributed by atoms with Gasteiger partial charge >= 0.3 is 0 Å². The van der Waals surface area contributed by atoms with Crippen molar-refractivity contribution in [2.75, 3.05) is 13.1 Å². The molecule has 0 spiro atoms. The van der Waals surface area contributed by atoms with Gasteiger partial charge in [0.2, 0.25) is 21.8 Å². The molecule has 1 aromatic heterocycles. The van der Waals surface area contributed by atoms with Gasteiger partial charge in [-0.25, -0.2) is 13.4 Å². The van der Waals surface area contributed by atoms with Crippen LogP contribution in [0.5, 0.6) is 5.88 Å². The Morgan fingerprint density at radius 1 is 1.13 bits per heavy atom. The Bertz CT molecular complexity index is 924. The summed E-state index contributed by atoms with van der Waals surface area (Å²) < 4.78 is 32.2. The zero-order valence-electron chi connectivity index (χ0n) is 18.1. The molecule has 2 aromatic rings. The van der Waals surface area contributed by atoms with Crippen molar-refractivity contribution in [3.8, 4) is 5.88 Å². The van der Waals surface area contributed by atoms with E-state index in [2.05, 4.69) is 10.3 Å². The molecule has 0 saturated carbocycles. The number of aryl methyl sites for hydroxylation is 1. The van der Waals surface area contributed by atoms with Crippen molar-refractivity contribution >= 4 is 15.9 Å². The number of nitrogens with one attached hydrogen (secondary N) is 1. The summed E-state index contributed by atoms with van der Waals surface area (Å²) in [7, 11) is -3.47. The zero-order chi connectivity index (χ0) is 22.1. The topological polar surface area (TPSA) is 88.6 Å². The Kier molecular flexibility index (Phi) is 8.80. The van der Waals surface area contributed by atoms with Crippen molar-refractivity contribution in [2.24, 2.45) is 0 Å². The highest BCUT2D eigenvalue weighted by molar-refractivity contribution is 7.89. The van der Waals surface area contributed by atoms with Crippen molar-refractivity contribution in [1.82, 2.24) is 14.6 Å². The molecule has 1 heterocycles. The molecule has 8 heteroatoms. The number of ether oxygens (including phenoxy) is 1. The van der Waals surface area contributed by atoms with Gasteiger partial charge < -0.3 is 10.1 Å². The normalized spacial score (nSPS) is 11.7. The second-order valence-electron chi connectivity index (χ2n) is 7.14. The number of benzene rings is 1. The maximum absolute atomic E-state index is 12.5. The number of carbonyl (C=O) groups excluding carboxylic acids is 1. The highest BCUT2D eigenvalue weighted by Gasteiger charge is 2.21. The molecular weight excluding hydrogens is 402 g/mol. The van der Waals surface area contributed by atoms with Crippen LogP contribution in [0.3, 0.4) is 0 Å². The van der Waals surface area contributed by atoms with E-state index in [0.717, 1.165) is 11.1 Å². The first kappa shape index (κ1) is 23.8. The van der Waals surface area contributed by atoms with Crippen LogP contribution in [0.15, 0.2) is 47.5 Å². The largest absolute Gasteiger partial charge is 0.475 e. The minimum atomic E-state index is -3.47. The Morgan fingerprint density at radius 3 is 2.40 bits per heavy atom. The van der Waals surface area contributed by atoms with Crippen LogP contribution in [0, 0.1) is 0 Å². The smallest absolute Gasteiger partial charge is 0.243 e. The molecule has 0 bridgehead atoms. The van der Waals surface area contributed by atoms with Crippen LogP contribution in [-0.4, -0.2) is 42.8 Å². The molecule has 0 unspecified atom stereocenters. The Hall–Kier alpha value is -2.45. The molecule has 1 amide bonds. The van der Waals surface area contributed by atoms with Crippen LogP contribution in [0.1, 0.15) is 45.2 Å². The van der Waals surface area contributed by atoms with Gasteiger partial charge in [-0.05, 0) is 44.0 Å². The van der Waals surface area contributed by atoms with Crippen molar-refractivity contribution < 1.29 is 17.9 Å². The quantitative estimate of drug-likeness (QED) is 0.588. The van der Waals surface area contributed by atoms with E-state index in [1.54, 1.807) is 30.5 Å². The van der Waals surface area contributed by atoms with Gasteiger partial charge in [-0.2, -0.15) is 4.31 Å². The van der Waals surface area contributed by atoms with Gasteiger partial charge in [-0.15, -0.1) is 0 Å². The minimum Gasteiger partial charge on any atom is -0.475 e. The van der Waals surface area contributed by atoms with Crippen LogP contribution in [0.2, 0.25) is 0 Å². The fourth-order valence-electron chi connectivity index (χ4n) is 2.97. The summed E-state index contributed by atoms with van der Waals surface area (Å²) in [6.07, 6.45) is 2.50. The first-order valence-electron chi connectivity index (χ1n) is 10.2. The number of sulfonamides is 1. The number of amides is 1. The van der Waals surface area contributed by atoms with E-state index < -0.39 is 10.0 Å². The number of hydrogen-bond donors (Lipinski definition) is 1. The van der Waals surface area contributed by atoms with Gasteiger partial charge in [-0.1, -0.05) is 32.0 Å². The number of hydrogen-bond acceptors (Lipinski definition) is 5. The number of aromatic nitrogens is 1. The lowest BCUT2D eigenvalue weighted by Crippen LogP contribution is -2.30. The van der Waals surface area contributed by atoms with Crippen molar-refractivity contribution in [3.63, 3.8) is 0 Å². The number of pyridine rings is 1. The minimum absolute atomic E-state index is 0.00266. The Morgan fingerprint density at radius 2 is 1.80 bits per heavy atom. The number of rotatable bonds is 11. The summed E-state index contributed by atoms with van der Waals surface area (Å²) in [6, 6.07) is 10.4. The highest BCUT2D eigenvalue weighted by atomic mass is 32.2. The summed E-state index contributed by atoms with van der Waals surface area (Å²) in [5, 5.41) is 2.89. The molecule has 0 saturated heterocycles. The predicted octanol–water partition coefficient (Wildman–Crippen LogP) is 3.15. The van der Waals surface area contributed by atoms with E-state index in [1.165, 1.54) is 4.31 Å². The first-order valence-corrected chi connectivity index (χ1v) is 11.7. The first-order chi connectivity index (χ1) is 14.3. The van der Waals surface area contributed by atoms with E-state index in [9.17, 15) is 13.2 Å². The molecule has 0 fully saturated rings. The van der Waals surface area contributed by atoms with Crippen LogP contribution in [-0.2, 0) is 27.8 Å². The average molecular weight is 434 g/mol. The Balaban J connectivity index is 1.90. The van der Waals surface area contributed by atoms with Crippen LogP contribution in [0.4, 0.5) is 0 Å². The molecule has 1 aromatic carbocycles. The summed E-state index contributed by atoms with van der Waals surface area (Å²) in [4.78, 5) is 16.7. The molecular formula is C22H31N3O4S. The van der Waals surface area contributed by atoms with E-state index in [1.807, 2.05) is 39.8 Å². The molecule has 7 nitrogen and oxygen atoms in total. The lowest BCUT2D eigenvalue weighted by atomic mass is 10.1. The van der Waals surface area contributed by atoms with Gasteiger partial charge in [0, 0.05) is 37.8 Å². The second kappa shape index (κ2) is 11.1. The maximum Gasteiger partial charge on any atom is 0.243 e. The Labute approximate surface area is 179 Å². The second-order valence-corrected chi connectivity index (χ2v) is 9.08. The SMILES string of the molecule is CCN(CC)S(=O)(=O)c1ccc(CCC(=O)NCc2cccnc2OC(C)C)cc1. The zero-order valence-corrected chi connectivity index (χ0v) is 18.9. The van der Waals surface area contributed by atoms with Crippen LogP contribution >= 0.6 is 0 Å². The van der Waals surface area contributed by atoms with Crippen molar-refractivity contribution in [2.45, 2.75) is 58.1 Å². The fraction of sp³-hybridized carbons (Fsp3) is 0.455. The molecule has 1 N–H and O–H groups in total. The third-order valence-corrected chi connectivity index (χ3v) is 6.64. The van der Waals surface area contributed by atoms with Crippen molar-refractivity contribution in [3.05, 3.63) is 53.7 Å².